The SMILES string of the molecule is C=C[Si](C)(C)O[Si](C)(C)C=C.C=C[Si](C)(C)O[Si](C)(C)C=C.CC(C)(C)c1ccc(O[PH+](Oc2ccc(C(C)(C)C)cc2C(C)(C)C)c2ccc(-c3ccc([PH+](Oc4ccc(C(C)(C)C)cc4C(C)(C)C)Oc4ccc(C(C)(C)C)cc4C(C)(C)C)cc3)cc2)c(C(C)(C)C)c1.[CH3-].[CH3-].[CH3-].[CH3-].[Pt].[Pt]. The van der Waals surface area contributed by atoms with Gasteiger partial charge in [0.2, 0.25) is 0 Å². The first-order valence-corrected chi connectivity index (χ1v) is 49.2. The van der Waals surface area contributed by atoms with Crippen molar-refractivity contribution >= 4 is 60.6 Å². The molecule has 6 rings (SSSR count). The molecule has 0 amide bonds. The van der Waals surface area contributed by atoms with Crippen molar-refractivity contribution in [1.29, 1.82) is 0 Å². The fraction of sp³-hybridized carbons (Fsp3) is 0.455. The van der Waals surface area contributed by atoms with Gasteiger partial charge in [-0.25, -0.2) is 0 Å². The van der Waals surface area contributed by atoms with E-state index in [0.29, 0.717) is 0 Å². The molecule has 0 saturated carbocycles. The first kappa shape index (κ1) is 103. The average molecular weight is 1860 g/mol. The van der Waals surface area contributed by atoms with Crippen LogP contribution < -0.4 is 28.7 Å². The second-order valence-electron chi connectivity index (χ2n) is 36.4. The first-order valence-electron chi connectivity index (χ1n) is 34.6. The van der Waals surface area contributed by atoms with E-state index < -0.39 is 50.0 Å². The molecular weight excluding hydrogens is 1720 g/mol. The Hall–Kier alpha value is -3.50. The number of hydrogen-bond acceptors (Lipinski definition) is 6. The Morgan fingerprint density at radius 1 is 0.265 bits per heavy atom. The van der Waals surface area contributed by atoms with Crippen LogP contribution in [0.1, 0.15) is 211 Å². The molecule has 0 atom stereocenters. The molecule has 0 saturated heterocycles. The Labute approximate surface area is 664 Å². The van der Waals surface area contributed by atoms with Crippen LogP contribution in [-0.4, -0.2) is 33.3 Å². The molecule has 0 unspecified atom stereocenters. The van der Waals surface area contributed by atoms with Crippen LogP contribution in [0.25, 0.3) is 11.1 Å². The summed E-state index contributed by atoms with van der Waals surface area (Å²) in [6.45, 7) is 86.7. The van der Waals surface area contributed by atoms with Crippen molar-refractivity contribution in [2.75, 3.05) is 0 Å². The van der Waals surface area contributed by atoms with Crippen molar-refractivity contribution in [2.45, 2.75) is 262 Å². The summed E-state index contributed by atoms with van der Waals surface area (Å²) in [6, 6.07) is 44.5. The van der Waals surface area contributed by atoms with Gasteiger partial charge in [0, 0.05) is 64.4 Å². The van der Waals surface area contributed by atoms with E-state index in [0.717, 1.165) is 44.7 Å². The van der Waals surface area contributed by atoms with Crippen molar-refractivity contribution in [3.05, 3.63) is 245 Å². The minimum atomic E-state index is -2.14. The molecule has 0 aromatic heterocycles. The summed E-state index contributed by atoms with van der Waals surface area (Å²) in [5.74, 6) is 3.46. The van der Waals surface area contributed by atoms with Crippen LogP contribution >= 0.6 is 16.8 Å². The minimum absolute atomic E-state index is 0. The van der Waals surface area contributed by atoms with Gasteiger partial charge in [-0.15, -0.1) is 26.3 Å². The summed E-state index contributed by atoms with van der Waals surface area (Å²) in [4.78, 5) is 0. The molecule has 578 valence electrons. The Bertz CT molecular complexity index is 3180. The van der Waals surface area contributed by atoms with E-state index in [1.54, 1.807) is 0 Å². The van der Waals surface area contributed by atoms with Crippen LogP contribution in [-0.2, 0) is 93.7 Å². The predicted molar refractivity (Wildman–Crippen MR) is 464 cm³/mol. The van der Waals surface area contributed by atoms with Gasteiger partial charge in [-0.05, 0) is 178 Å². The monoisotopic (exact) mass is 1860 g/mol. The van der Waals surface area contributed by atoms with Crippen molar-refractivity contribution in [2.24, 2.45) is 0 Å². The molecule has 102 heavy (non-hydrogen) atoms. The largest absolute Gasteiger partial charge is 0.449 e. The summed E-state index contributed by atoms with van der Waals surface area (Å²) < 4.78 is 40.9. The summed E-state index contributed by atoms with van der Waals surface area (Å²) in [5.41, 5.74) is 19.3. The van der Waals surface area contributed by atoms with Crippen molar-refractivity contribution in [1.82, 2.24) is 0 Å². The third-order valence-electron chi connectivity index (χ3n) is 17.0. The van der Waals surface area contributed by atoms with E-state index in [4.69, 9.17) is 26.3 Å². The third kappa shape index (κ3) is 31.0. The van der Waals surface area contributed by atoms with E-state index in [9.17, 15) is 0 Å². The maximum absolute atomic E-state index is 7.24. The predicted octanol–water partition coefficient (Wildman–Crippen LogP) is 26.9. The molecule has 0 aliphatic carbocycles. The molecule has 0 spiro atoms. The number of hydrogen-bond donors (Lipinski definition) is 0. The average Bonchev–Trinajstić information content (AvgIpc) is 0.793. The molecule has 0 aliphatic rings. The van der Waals surface area contributed by atoms with Gasteiger partial charge in [-0.1, -0.05) is 262 Å². The zero-order valence-electron chi connectivity index (χ0n) is 70.8. The van der Waals surface area contributed by atoms with Crippen LogP contribution in [0.2, 0.25) is 52.4 Å². The fourth-order valence-corrected chi connectivity index (χ4v) is 25.6. The smallest absolute Gasteiger partial charge is 0.384 e. The third-order valence-corrected chi connectivity index (χ3v) is 32.6. The van der Waals surface area contributed by atoms with E-state index in [-0.39, 0.29) is 115 Å². The van der Waals surface area contributed by atoms with E-state index in [2.05, 4.69) is 366 Å². The van der Waals surface area contributed by atoms with Crippen LogP contribution in [0.4, 0.5) is 0 Å². The second kappa shape index (κ2) is 39.0. The fourth-order valence-electron chi connectivity index (χ4n) is 10.5. The van der Waals surface area contributed by atoms with Crippen molar-refractivity contribution < 1.29 is 68.5 Å². The zero-order chi connectivity index (χ0) is 73.6. The normalized spacial score (nSPS) is 12.5. The van der Waals surface area contributed by atoms with Gasteiger partial charge >= 0.3 is 16.8 Å². The number of benzene rings is 6. The Morgan fingerprint density at radius 2 is 0.431 bits per heavy atom. The molecule has 14 heteroatoms. The summed E-state index contributed by atoms with van der Waals surface area (Å²) in [7, 11) is -10.6. The zero-order valence-corrected chi connectivity index (χ0v) is 81.3. The quantitative estimate of drug-likeness (QED) is 0.0458. The van der Waals surface area contributed by atoms with Gasteiger partial charge in [0.15, 0.2) is 66.9 Å². The molecule has 0 N–H and O–H groups in total. The van der Waals surface area contributed by atoms with Crippen LogP contribution in [0.3, 0.4) is 0 Å². The molecule has 6 aromatic carbocycles. The Balaban J connectivity index is -0.00000301. The second-order valence-corrected chi connectivity index (χ2v) is 55.6. The van der Waals surface area contributed by atoms with Gasteiger partial charge in [-0.3, -0.25) is 0 Å². The molecule has 6 nitrogen and oxygen atoms in total. The van der Waals surface area contributed by atoms with Gasteiger partial charge in [-0.2, -0.15) is 0 Å². The standard InChI is InChI=1S/C68H92O4P2.2C8H18OSi2.4CH3.2Pt/c1-61(2,3)47-29-37-57(53(41-47)65(13,14)15)69-73(70-58-38-30-48(62(4,5)6)42-54(58)66(16,17)18)51-33-25-45(26-34-51)46-27-35-52(36-28-46)74(71-59-39-31-49(63(7,8)9)43-55(59)67(19,20)21)72-60-40-32-50(64(10,11)12)44-56(60)68(22,23)24;2*1-7-10(3,4)9-11(5,6)8-2;;;;;;/h25-44H,1-24H3;2*7-8H,1-2H2,3-6H3;4*1H3;;/q;;;4*-1;;/p+2. The van der Waals surface area contributed by atoms with Crippen LogP contribution in [0.15, 0.2) is 170 Å². The van der Waals surface area contributed by atoms with Crippen LogP contribution in [0.5, 0.6) is 23.0 Å². The van der Waals surface area contributed by atoms with Gasteiger partial charge in [0.25, 0.3) is 0 Å². The summed E-state index contributed by atoms with van der Waals surface area (Å²) in [6.07, 6.45) is 0. The summed E-state index contributed by atoms with van der Waals surface area (Å²) >= 11 is 0. The number of rotatable bonds is 19. The van der Waals surface area contributed by atoms with Gasteiger partial charge in [0.05, 0.1) is 0 Å². The maximum Gasteiger partial charge on any atom is 0.384 e. The summed E-state index contributed by atoms with van der Waals surface area (Å²) in [5, 5.41) is 2.06. The van der Waals surface area contributed by atoms with Crippen LogP contribution in [0, 0.1) is 29.7 Å². The Kier molecular flexibility index (Phi) is 39.3. The van der Waals surface area contributed by atoms with E-state index in [1.165, 1.54) is 44.5 Å². The van der Waals surface area contributed by atoms with Crippen molar-refractivity contribution in [3.63, 3.8) is 0 Å². The topological polar surface area (TPSA) is 55.4 Å². The molecule has 6 aromatic rings. The van der Waals surface area contributed by atoms with E-state index in [1.807, 2.05) is 22.8 Å². The molecule has 0 bridgehead atoms. The molecular formula is C88H142O6P2Pt2Si4-2. The van der Waals surface area contributed by atoms with Gasteiger partial charge < -0.3 is 56.0 Å². The van der Waals surface area contributed by atoms with E-state index >= 15 is 0 Å². The molecule has 0 aliphatic heterocycles. The minimum Gasteiger partial charge on any atom is -0.449 e. The molecule has 0 fully saturated rings. The first-order chi connectivity index (χ1) is 43.4. The molecule has 0 radical (unpaired) electrons. The maximum atomic E-state index is 7.24. The Morgan fingerprint density at radius 3 is 0.569 bits per heavy atom. The van der Waals surface area contributed by atoms with Gasteiger partial charge in [0.1, 0.15) is 0 Å². The molecule has 0 heterocycles. The van der Waals surface area contributed by atoms with Crippen molar-refractivity contribution in [3.8, 4) is 34.1 Å².